The lowest BCUT2D eigenvalue weighted by molar-refractivity contribution is -0.139. The molecule has 1 fully saturated rings. The maximum atomic E-state index is 14.5. The molecule has 2 N–H and O–H groups in total. The van der Waals surface area contributed by atoms with Crippen molar-refractivity contribution in [2.45, 2.75) is 12.6 Å². The Morgan fingerprint density at radius 3 is 2.51 bits per heavy atom. The number of nitrogens with one attached hydrogen (secondary N) is 2. The van der Waals surface area contributed by atoms with Crippen molar-refractivity contribution in [2.24, 2.45) is 5.92 Å². The number of hydrogen-bond donors (Lipinski definition) is 2. The van der Waals surface area contributed by atoms with Crippen LogP contribution in [0.3, 0.4) is 0 Å². The number of alkyl halides is 3. The molecule has 0 spiro atoms. The summed E-state index contributed by atoms with van der Waals surface area (Å²) in [5, 5.41) is 6.85. The van der Waals surface area contributed by atoms with Crippen molar-refractivity contribution in [1.82, 2.24) is 15.3 Å². The lowest BCUT2D eigenvalue weighted by Gasteiger charge is -2.16. The minimum Gasteiger partial charge on any atom is -0.354 e. The highest BCUT2D eigenvalue weighted by Crippen LogP contribution is 2.40. The topological polar surface area (TPSA) is 54.2 Å². The summed E-state index contributed by atoms with van der Waals surface area (Å²) in [4.78, 5) is 12.2. The third-order valence-electron chi connectivity index (χ3n) is 6.36. The van der Waals surface area contributed by atoms with Crippen LogP contribution in [0.25, 0.3) is 38.1 Å². The summed E-state index contributed by atoms with van der Waals surface area (Å²) in [6.45, 7) is 9.48. The molecule has 4 aromatic rings. The maximum absolute atomic E-state index is 14.5. The molecule has 1 saturated heterocycles. The molecule has 0 unspecified atom stereocenters. The Morgan fingerprint density at radius 1 is 1.00 bits per heavy atom. The van der Waals surface area contributed by atoms with E-state index < -0.39 is 23.4 Å². The zero-order chi connectivity index (χ0) is 26.2. The Morgan fingerprint density at radius 2 is 1.81 bits per heavy atom. The lowest BCUT2D eigenvalue weighted by atomic mass is 9.96. The first-order valence-corrected chi connectivity index (χ1v) is 11.5. The second-order valence-electron chi connectivity index (χ2n) is 8.81. The van der Waals surface area contributed by atoms with Gasteiger partial charge in [-0.2, -0.15) is 13.2 Å². The van der Waals surface area contributed by atoms with Crippen molar-refractivity contribution >= 4 is 22.5 Å². The molecule has 1 aliphatic rings. The van der Waals surface area contributed by atoms with E-state index in [1.54, 1.807) is 0 Å². The molecule has 188 valence electrons. The van der Waals surface area contributed by atoms with Gasteiger partial charge in [0.15, 0.2) is 0 Å². The molecule has 1 aliphatic heterocycles. The highest BCUT2D eigenvalue weighted by molar-refractivity contribution is 5.96. The largest absolute Gasteiger partial charge is 0.419 e. The summed E-state index contributed by atoms with van der Waals surface area (Å²) in [7, 11) is 0. The molecule has 2 heterocycles. The SMILES string of the molecule is [C-]#[N+]c1ccc(-c2nc(NC[C@H]3CCNC3)nc3ccc(-c4cccc(F)c4C(F)(F)F)cc23)cc1F. The molecule has 3 aromatic carbocycles. The molecule has 0 aliphatic carbocycles. The molecule has 0 radical (unpaired) electrons. The predicted molar refractivity (Wildman–Crippen MR) is 131 cm³/mol. The number of nitrogens with zero attached hydrogens (tertiary/aromatic N) is 3. The highest BCUT2D eigenvalue weighted by atomic mass is 19.4. The Labute approximate surface area is 209 Å². The molecule has 5 rings (SSSR count). The van der Waals surface area contributed by atoms with Crippen LogP contribution in [-0.2, 0) is 6.18 Å². The van der Waals surface area contributed by atoms with Crippen molar-refractivity contribution < 1.29 is 22.0 Å². The maximum Gasteiger partial charge on any atom is 0.419 e. The average Bonchev–Trinajstić information content (AvgIpc) is 3.39. The Balaban J connectivity index is 1.67. The number of anilines is 1. The first kappa shape index (κ1) is 24.6. The molecule has 5 nitrogen and oxygen atoms in total. The van der Waals surface area contributed by atoms with Gasteiger partial charge in [-0.05, 0) is 60.8 Å². The van der Waals surface area contributed by atoms with Gasteiger partial charge in [0.2, 0.25) is 11.6 Å². The number of benzene rings is 3. The van der Waals surface area contributed by atoms with Gasteiger partial charge < -0.3 is 10.6 Å². The first-order chi connectivity index (χ1) is 17.7. The Kier molecular flexibility index (Phi) is 6.48. The Bertz CT molecular complexity index is 1520. The summed E-state index contributed by atoms with van der Waals surface area (Å²) < 4.78 is 69.8. The van der Waals surface area contributed by atoms with Crippen LogP contribution in [0.15, 0.2) is 54.6 Å². The second kappa shape index (κ2) is 9.75. The fourth-order valence-electron chi connectivity index (χ4n) is 4.52. The van der Waals surface area contributed by atoms with Crippen LogP contribution in [0.1, 0.15) is 12.0 Å². The van der Waals surface area contributed by atoms with Crippen LogP contribution >= 0.6 is 0 Å². The number of aromatic nitrogens is 2. The molecule has 0 bridgehead atoms. The van der Waals surface area contributed by atoms with E-state index >= 15 is 0 Å². The van der Waals surface area contributed by atoms with Gasteiger partial charge in [0.05, 0.1) is 23.3 Å². The van der Waals surface area contributed by atoms with Crippen LogP contribution < -0.4 is 10.6 Å². The zero-order valence-electron chi connectivity index (χ0n) is 19.3. The highest BCUT2D eigenvalue weighted by Gasteiger charge is 2.37. The zero-order valence-corrected chi connectivity index (χ0v) is 19.3. The van der Waals surface area contributed by atoms with E-state index in [1.807, 2.05) is 0 Å². The van der Waals surface area contributed by atoms with Crippen LogP contribution in [0.2, 0.25) is 0 Å². The van der Waals surface area contributed by atoms with E-state index in [-0.39, 0.29) is 22.5 Å². The molecule has 0 amide bonds. The van der Waals surface area contributed by atoms with Gasteiger partial charge in [0.1, 0.15) is 11.6 Å². The van der Waals surface area contributed by atoms with Crippen molar-refractivity contribution in [1.29, 1.82) is 0 Å². The van der Waals surface area contributed by atoms with E-state index in [1.165, 1.54) is 42.5 Å². The lowest BCUT2D eigenvalue weighted by Crippen LogP contribution is -2.18. The van der Waals surface area contributed by atoms with E-state index in [0.29, 0.717) is 34.9 Å². The van der Waals surface area contributed by atoms with Crippen molar-refractivity contribution in [3.63, 3.8) is 0 Å². The van der Waals surface area contributed by atoms with Crippen molar-refractivity contribution in [2.75, 3.05) is 25.0 Å². The smallest absolute Gasteiger partial charge is 0.354 e. The fraction of sp³-hybridized carbons (Fsp3) is 0.222. The van der Waals surface area contributed by atoms with Gasteiger partial charge >= 0.3 is 6.18 Å². The standard InChI is InChI=1S/C27H20F5N5/c1-33-23-8-6-17(12-21(23)29)25-19-11-16(18-3-2-4-20(28)24(18)27(30,31)32)5-7-22(19)36-26(37-25)35-14-15-9-10-34-13-15/h2-8,11-12,15,34H,9-10,13-14H2,(H,35,36,37)/t15-/m0/s1. The normalized spacial score (nSPS) is 15.6. The minimum absolute atomic E-state index is 0.111. The number of halogens is 5. The van der Waals surface area contributed by atoms with E-state index in [0.717, 1.165) is 31.6 Å². The predicted octanol–water partition coefficient (Wildman–Crippen LogP) is 6.83. The minimum atomic E-state index is -4.91. The molecule has 1 atom stereocenters. The number of rotatable bonds is 5. The molecular formula is C27H20F5N5. The van der Waals surface area contributed by atoms with Crippen molar-refractivity contribution in [3.05, 3.63) is 83.2 Å². The number of fused-ring (bicyclic) bond motifs is 1. The summed E-state index contributed by atoms with van der Waals surface area (Å²) >= 11 is 0. The fourth-order valence-corrected chi connectivity index (χ4v) is 4.52. The van der Waals surface area contributed by atoms with Crippen LogP contribution in [0.5, 0.6) is 0 Å². The van der Waals surface area contributed by atoms with Crippen LogP contribution in [-0.4, -0.2) is 29.6 Å². The third-order valence-corrected chi connectivity index (χ3v) is 6.36. The molecule has 10 heteroatoms. The quantitative estimate of drug-likeness (QED) is 0.229. The van der Waals surface area contributed by atoms with E-state index in [4.69, 9.17) is 6.57 Å². The molecule has 0 saturated carbocycles. The van der Waals surface area contributed by atoms with Gasteiger partial charge in [-0.15, -0.1) is 0 Å². The van der Waals surface area contributed by atoms with Crippen LogP contribution in [0.4, 0.5) is 33.6 Å². The summed E-state index contributed by atoms with van der Waals surface area (Å²) in [6.07, 6.45) is -3.91. The Hall–Kier alpha value is -4.10. The first-order valence-electron chi connectivity index (χ1n) is 11.5. The molecular weight excluding hydrogens is 489 g/mol. The average molecular weight is 509 g/mol. The monoisotopic (exact) mass is 509 g/mol. The van der Waals surface area contributed by atoms with Gasteiger partial charge in [0.25, 0.3) is 0 Å². The van der Waals surface area contributed by atoms with E-state index in [9.17, 15) is 22.0 Å². The molecule has 37 heavy (non-hydrogen) atoms. The number of hydrogen-bond acceptors (Lipinski definition) is 4. The summed E-state index contributed by atoms with van der Waals surface area (Å²) in [5.41, 5.74) is -0.724. The van der Waals surface area contributed by atoms with Gasteiger partial charge in [-0.1, -0.05) is 30.3 Å². The van der Waals surface area contributed by atoms with Crippen molar-refractivity contribution in [3.8, 4) is 22.4 Å². The van der Waals surface area contributed by atoms with Crippen LogP contribution in [0, 0.1) is 24.1 Å². The summed E-state index contributed by atoms with van der Waals surface area (Å²) in [5.74, 6) is -1.45. The van der Waals surface area contributed by atoms with Gasteiger partial charge in [0, 0.05) is 17.5 Å². The third kappa shape index (κ3) is 4.95. The second-order valence-corrected chi connectivity index (χ2v) is 8.81. The molecule has 1 aromatic heterocycles. The summed E-state index contributed by atoms with van der Waals surface area (Å²) in [6, 6.07) is 11.6. The van der Waals surface area contributed by atoms with E-state index in [2.05, 4.69) is 25.4 Å². The van der Waals surface area contributed by atoms with Gasteiger partial charge in [-0.25, -0.2) is 23.6 Å². The van der Waals surface area contributed by atoms with Gasteiger partial charge in [-0.3, -0.25) is 0 Å².